The maximum atomic E-state index is 14.1. The summed E-state index contributed by atoms with van der Waals surface area (Å²) in [6.07, 6.45) is 0.255. The van der Waals surface area contributed by atoms with Gasteiger partial charge in [-0.05, 0) is 56.2 Å². The second-order valence-corrected chi connectivity index (χ2v) is 5.65. The first-order valence-corrected chi connectivity index (χ1v) is 8.31. The van der Waals surface area contributed by atoms with E-state index < -0.39 is 5.82 Å². The molecule has 0 unspecified atom stereocenters. The number of halogens is 1. The monoisotopic (exact) mass is 346 g/mol. The van der Waals surface area contributed by atoms with Gasteiger partial charge in [0, 0.05) is 6.42 Å². The van der Waals surface area contributed by atoms with E-state index in [1.807, 2.05) is 20.8 Å². The molecule has 0 amide bonds. The average molecular weight is 346 g/mol. The van der Waals surface area contributed by atoms with E-state index in [-0.39, 0.29) is 24.7 Å². The highest BCUT2D eigenvalue weighted by atomic mass is 19.1. The summed E-state index contributed by atoms with van der Waals surface area (Å²) in [4.78, 5) is 11.6. The Bertz CT molecular complexity index is 756. The molecule has 5 heteroatoms. The van der Waals surface area contributed by atoms with E-state index in [1.165, 1.54) is 6.07 Å². The predicted octanol–water partition coefficient (Wildman–Crippen LogP) is 4.74. The van der Waals surface area contributed by atoms with Gasteiger partial charge in [0.25, 0.3) is 0 Å². The van der Waals surface area contributed by atoms with Gasteiger partial charge in [0.1, 0.15) is 18.1 Å². The van der Waals surface area contributed by atoms with Gasteiger partial charge in [0.2, 0.25) is 0 Å². The fraction of sp³-hybridized carbons (Fsp3) is 0.350. The molecule has 2 rings (SSSR count). The van der Waals surface area contributed by atoms with Gasteiger partial charge in [-0.2, -0.15) is 0 Å². The molecule has 0 aliphatic heterocycles. The lowest BCUT2D eigenvalue weighted by atomic mass is 10.1. The third kappa shape index (κ3) is 4.72. The zero-order valence-electron chi connectivity index (χ0n) is 15.0. The SMILES string of the molecule is CCOc1cccc(OC(=O)CC)c1COc1cc(C)c(C)cc1F. The van der Waals surface area contributed by atoms with Crippen LogP contribution in [0.2, 0.25) is 0 Å². The van der Waals surface area contributed by atoms with Crippen LogP contribution in [-0.2, 0) is 11.4 Å². The van der Waals surface area contributed by atoms with Gasteiger partial charge >= 0.3 is 5.97 Å². The minimum atomic E-state index is -0.427. The van der Waals surface area contributed by atoms with Crippen LogP contribution in [0.5, 0.6) is 17.2 Å². The zero-order chi connectivity index (χ0) is 18.4. The molecule has 4 nitrogen and oxygen atoms in total. The number of benzene rings is 2. The van der Waals surface area contributed by atoms with Crippen molar-refractivity contribution >= 4 is 5.97 Å². The Kier molecular flexibility index (Phi) is 6.39. The van der Waals surface area contributed by atoms with Crippen LogP contribution in [0.1, 0.15) is 37.0 Å². The van der Waals surface area contributed by atoms with Gasteiger partial charge in [0.05, 0.1) is 12.2 Å². The lowest BCUT2D eigenvalue weighted by Gasteiger charge is -2.16. The number of esters is 1. The second-order valence-electron chi connectivity index (χ2n) is 5.65. The number of carbonyl (C=O) groups is 1. The van der Waals surface area contributed by atoms with Crippen molar-refractivity contribution in [1.82, 2.24) is 0 Å². The predicted molar refractivity (Wildman–Crippen MR) is 93.7 cm³/mol. The molecule has 0 aromatic heterocycles. The Labute approximate surface area is 147 Å². The number of hydrogen-bond donors (Lipinski definition) is 0. The molecule has 0 spiro atoms. The molecule has 0 saturated heterocycles. The van der Waals surface area contributed by atoms with Crippen molar-refractivity contribution in [3.63, 3.8) is 0 Å². The van der Waals surface area contributed by atoms with Crippen molar-refractivity contribution in [2.75, 3.05) is 6.61 Å². The van der Waals surface area contributed by atoms with Crippen molar-refractivity contribution < 1.29 is 23.4 Å². The Morgan fingerprint density at radius 2 is 1.68 bits per heavy atom. The zero-order valence-corrected chi connectivity index (χ0v) is 15.0. The van der Waals surface area contributed by atoms with E-state index in [1.54, 1.807) is 31.2 Å². The van der Waals surface area contributed by atoms with Crippen molar-refractivity contribution in [3.8, 4) is 17.2 Å². The largest absolute Gasteiger partial charge is 0.493 e. The van der Waals surface area contributed by atoms with E-state index in [9.17, 15) is 9.18 Å². The molecule has 0 aliphatic carbocycles. The number of rotatable bonds is 7. The third-order valence-electron chi connectivity index (χ3n) is 3.82. The van der Waals surface area contributed by atoms with Crippen molar-refractivity contribution in [2.45, 2.75) is 40.7 Å². The van der Waals surface area contributed by atoms with E-state index in [0.717, 1.165) is 11.1 Å². The van der Waals surface area contributed by atoms with Crippen LogP contribution in [0.3, 0.4) is 0 Å². The average Bonchev–Trinajstić information content (AvgIpc) is 2.58. The smallest absolute Gasteiger partial charge is 0.310 e. The van der Waals surface area contributed by atoms with Gasteiger partial charge in [-0.15, -0.1) is 0 Å². The molecular weight excluding hydrogens is 323 g/mol. The fourth-order valence-corrected chi connectivity index (χ4v) is 2.28. The number of aryl methyl sites for hydroxylation is 2. The van der Waals surface area contributed by atoms with E-state index in [0.29, 0.717) is 23.7 Å². The first-order valence-electron chi connectivity index (χ1n) is 8.31. The van der Waals surface area contributed by atoms with Crippen molar-refractivity contribution in [1.29, 1.82) is 0 Å². The Morgan fingerprint density at radius 3 is 2.36 bits per heavy atom. The topological polar surface area (TPSA) is 44.8 Å². The quantitative estimate of drug-likeness (QED) is 0.537. The molecule has 25 heavy (non-hydrogen) atoms. The summed E-state index contributed by atoms with van der Waals surface area (Å²) >= 11 is 0. The van der Waals surface area contributed by atoms with Crippen LogP contribution >= 0.6 is 0 Å². The summed E-state index contributed by atoms with van der Waals surface area (Å²) in [5, 5.41) is 0. The second kappa shape index (κ2) is 8.51. The van der Waals surface area contributed by atoms with E-state index >= 15 is 0 Å². The van der Waals surface area contributed by atoms with Crippen LogP contribution in [0.25, 0.3) is 0 Å². The van der Waals surface area contributed by atoms with Crippen molar-refractivity contribution in [3.05, 3.63) is 52.8 Å². The first-order chi connectivity index (χ1) is 12.0. The molecule has 0 heterocycles. The maximum absolute atomic E-state index is 14.1. The van der Waals surface area contributed by atoms with Crippen LogP contribution in [0.4, 0.5) is 4.39 Å². The van der Waals surface area contributed by atoms with Crippen molar-refractivity contribution in [2.24, 2.45) is 0 Å². The van der Waals surface area contributed by atoms with Gasteiger partial charge in [-0.25, -0.2) is 4.39 Å². The number of hydrogen-bond acceptors (Lipinski definition) is 4. The van der Waals surface area contributed by atoms with E-state index in [4.69, 9.17) is 14.2 Å². The molecular formula is C20H23FO4. The molecule has 0 aliphatic rings. The van der Waals surface area contributed by atoms with Gasteiger partial charge in [0.15, 0.2) is 11.6 Å². The molecule has 0 N–H and O–H groups in total. The molecule has 134 valence electrons. The molecule has 2 aromatic carbocycles. The summed E-state index contributed by atoms with van der Waals surface area (Å²) < 4.78 is 30.7. The number of carbonyl (C=O) groups excluding carboxylic acids is 1. The first kappa shape index (κ1) is 18.8. The highest BCUT2D eigenvalue weighted by molar-refractivity contribution is 5.72. The van der Waals surface area contributed by atoms with Gasteiger partial charge in [-0.3, -0.25) is 4.79 Å². The molecule has 2 aromatic rings. The minimum absolute atomic E-state index is 0.0297. The molecule has 0 atom stereocenters. The standard InChI is InChI=1S/C20H23FO4/c1-5-20(22)25-18-9-7-8-17(23-6-2)15(18)12-24-19-11-14(4)13(3)10-16(19)21/h7-11H,5-6,12H2,1-4H3. The molecule has 0 bridgehead atoms. The maximum Gasteiger partial charge on any atom is 0.310 e. The summed E-state index contributed by atoms with van der Waals surface area (Å²) in [5.41, 5.74) is 2.37. The fourth-order valence-electron chi connectivity index (χ4n) is 2.28. The lowest BCUT2D eigenvalue weighted by molar-refractivity contribution is -0.134. The number of ether oxygens (including phenoxy) is 3. The highest BCUT2D eigenvalue weighted by Gasteiger charge is 2.15. The summed E-state index contributed by atoms with van der Waals surface area (Å²) in [7, 11) is 0. The Hall–Kier alpha value is -2.56. The summed E-state index contributed by atoms with van der Waals surface area (Å²) in [5.74, 6) is 0.286. The van der Waals surface area contributed by atoms with Gasteiger partial charge < -0.3 is 14.2 Å². The Balaban J connectivity index is 2.30. The Morgan fingerprint density at radius 1 is 1.00 bits per heavy atom. The lowest BCUT2D eigenvalue weighted by Crippen LogP contribution is -2.10. The molecule has 0 saturated carbocycles. The highest BCUT2D eigenvalue weighted by Crippen LogP contribution is 2.31. The van der Waals surface area contributed by atoms with E-state index in [2.05, 4.69) is 0 Å². The molecule has 0 fully saturated rings. The van der Waals surface area contributed by atoms with Crippen LogP contribution < -0.4 is 14.2 Å². The van der Waals surface area contributed by atoms with Gasteiger partial charge in [-0.1, -0.05) is 13.0 Å². The van der Waals surface area contributed by atoms with Crippen LogP contribution in [-0.4, -0.2) is 12.6 Å². The normalized spacial score (nSPS) is 10.4. The summed E-state index contributed by atoms with van der Waals surface area (Å²) in [6, 6.07) is 8.28. The van der Waals surface area contributed by atoms with Crippen LogP contribution in [0.15, 0.2) is 30.3 Å². The minimum Gasteiger partial charge on any atom is -0.493 e. The molecule has 0 radical (unpaired) electrons. The third-order valence-corrected chi connectivity index (χ3v) is 3.82. The summed E-state index contributed by atoms with van der Waals surface area (Å²) in [6.45, 7) is 7.80. The van der Waals surface area contributed by atoms with Crippen LogP contribution in [0, 0.1) is 19.7 Å².